The van der Waals surface area contributed by atoms with Crippen molar-refractivity contribution >= 4 is 15.9 Å². The number of halogens is 1. The third kappa shape index (κ3) is 3.45. The van der Waals surface area contributed by atoms with Gasteiger partial charge in [0.25, 0.3) is 5.88 Å². The highest BCUT2D eigenvalue weighted by Crippen LogP contribution is 2.25. The Morgan fingerprint density at radius 3 is 2.80 bits per heavy atom. The zero-order valence-electron chi connectivity index (χ0n) is 11.6. The van der Waals surface area contributed by atoms with Gasteiger partial charge in [-0.2, -0.15) is 0 Å². The van der Waals surface area contributed by atoms with E-state index in [-0.39, 0.29) is 11.4 Å². The lowest BCUT2D eigenvalue weighted by Gasteiger charge is -2.10. The summed E-state index contributed by atoms with van der Waals surface area (Å²) >= 11 is 3.32. The van der Waals surface area contributed by atoms with E-state index in [0.29, 0.717) is 22.8 Å². The second kappa shape index (κ2) is 6.17. The van der Waals surface area contributed by atoms with Crippen LogP contribution in [0, 0.1) is 12.8 Å². The van der Waals surface area contributed by atoms with Gasteiger partial charge in [0.1, 0.15) is 4.60 Å². The Bertz CT molecular complexity index is 668. The fourth-order valence-electron chi connectivity index (χ4n) is 1.73. The van der Waals surface area contributed by atoms with Crippen molar-refractivity contribution < 1.29 is 4.74 Å². The Kier molecular flexibility index (Phi) is 4.54. The molecule has 2 aromatic heterocycles. The van der Waals surface area contributed by atoms with Crippen molar-refractivity contribution in [3.05, 3.63) is 45.2 Å². The highest BCUT2D eigenvalue weighted by Gasteiger charge is 2.11. The normalized spacial score (nSPS) is 10.8. The van der Waals surface area contributed by atoms with E-state index in [4.69, 9.17) is 4.74 Å². The first-order valence-corrected chi connectivity index (χ1v) is 7.13. The van der Waals surface area contributed by atoms with E-state index in [2.05, 4.69) is 25.9 Å². The number of aromatic nitrogens is 3. The molecule has 0 saturated heterocycles. The second-order valence-electron chi connectivity index (χ2n) is 4.93. The van der Waals surface area contributed by atoms with Crippen molar-refractivity contribution in [2.24, 2.45) is 5.92 Å². The van der Waals surface area contributed by atoms with Crippen molar-refractivity contribution in [2.45, 2.75) is 27.3 Å². The van der Waals surface area contributed by atoms with Crippen LogP contribution in [0.2, 0.25) is 0 Å². The third-order valence-corrected chi connectivity index (χ3v) is 3.17. The lowest BCUT2D eigenvalue weighted by Crippen LogP contribution is -2.23. The molecule has 0 aromatic carbocycles. The topological polar surface area (TPSA) is 57.0 Å². The highest BCUT2D eigenvalue weighted by atomic mass is 79.9. The van der Waals surface area contributed by atoms with Crippen LogP contribution >= 0.6 is 15.9 Å². The lowest BCUT2D eigenvalue weighted by molar-refractivity contribution is 0.428. The summed E-state index contributed by atoms with van der Waals surface area (Å²) < 4.78 is 7.72. The fraction of sp³-hybridized carbons (Fsp3) is 0.357. The maximum atomic E-state index is 12.2. The molecule has 0 unspecified atom stereocenters. The third-order valence-electron chi connectivity index (χ3n) is 2.60. The number of pyridine rings is 1. The zero-order chi connectivity index (χ0) is 14.7. The van der Waals surface area contributed by atoms with Gasteiger partial charge >= 0.3 is 5.56 Å². The van der Waals surface area contributed by atoms with Gasteiger partial charge in [0.2, 0.25) is 0 Å². The van der Waals surface area contributed by atoms with E-state index in [0.717, 1.165) is 5.69 Å². The van der Waals surface area contributed by atoms with Gasteiger partial charge in [0.05, 0.1) is 0 Å². The number of nitrogens with zero attached hydrogens (tertiary/aromatic N) is 3. The molecule has 0 fully saturated rings. The summed E-state index contributed by atoms with van der Waals surface area (Å²) in [5, 5.41) is 0. The Balaban J connectivity index is 2.32. The van der Waals surface area contributed by atoms with Crippen molar-refractivity contribution in [1.82, 2.24) is 14.5 Å². The summed E-state index contributed by atoms with van der Waals surface area (Å²) in [4.78, 5) is 20.5. The summed E-state index contributed by atoms with van der Waals surface area (Å²) in [6.45, 7) is 6.61. The van der Waals surface area contributed by atoms with Crippen LogP contribution in [0.4, 0.5) is 0 Å². The van der Waals surface area contributed by atoms with Crippen LogP contribution in [-0.2, 0) is 6.54 Å². The van der Waals surface area contributed by atoms with Gasteiger partial charge in [-0.1, -0.05) is 13.8 Å². The molecule has 0 atom stereocenters. The van der Waals surface area contributed by atoms with Crippen molar-refractivity contribution in [2.75, 3.05) is 0 Å². The molecule has 2 aromatic rings. The summed E-state index contributed by atoms with van der Waals surface area (Å²) in [5.74, 6) is 0.901. The minimum atomic E-state index is -0.242. The Labute approximate surface area is 125 Å². The Hall–Kier alpha value is -1.69. The molecule has 6 heteroatoms. The second-order valence-corrected chi connectivity index (χ2v) is 5.68. The van der Waals surface area contributed by atoms with E-state index in [1.807, 2.05) is 26.8 Å². The maximum Gasteiger partial charge on any atom is 0.313 e. The van der Waals surface area contributed by atoms with Crippen LogP contribution in [-0.4, -0.2) is 14.5 Å². The monoisotopic (exact) mass is 337 g/mol. The SMILES string of the molecule is Cc1ccc(Oc2nccn(CC(C)C)c2=O)c(Br)n1. The maximum absolute atomic E-state index is 12.2. The number of rotatable bonds is 4. The molecule has 5 nitrogen and oxygen atoms in total. The molecule has 106 valence electrons. The van der Waals surface area contributed by atoms with Gasteiger partial charge in [-0.3, -0.25) is 4.79 Å². The van der Waals surface area contributed by atoms with Crippen LogP contribution in [0.25, 0.3) is 0 Å². The van der Waals surface area contributed by atoms with Crippen LogP contribution in [0.15, 0.2) is 33.9 Å². The van der Waals surface area contributed by atoms with E-state index in [1.54, 1.807) is 23.0 Å². The summed E-state index contributed by atoms with van der Waals surface area (Å²) in [7, 11) is 0. The largest absolute Gasteiger partial charge is 0.432 e. The molecule has 0 spiro atoms. The van der Waals surface area contributed by atoms with Crippen LogP contribution in [0.3, 0.4) is 0 Å². The van der Waals surface area contributed by atoms with E-state index in [1.165, 1.54) is 0 Å². The quantitative estimate of drug-likeness (QED) is 0.804. The number of aryl methyl sites for hydroxylation is 1. The summed E-state index contributed by atoms with van der Waals surface area (Å²) in [6, 6.07) is 3.57. The minimum absolute atomic E-state index is 0.0551. The molecule has 0 saturated carbocycles. The van der Waals surface area contributed by atoms with Gasteiger partial charge in [-0.05, 0) is 40.9 Å². The zero-order valence-corrected chi connectivity index (χ0v) is 13.2. The molecule has 0 amide bonds. The van der Waals surface area contributed by atoms with Crippen LogP contribution in [0.5, 0.6) is 11.6 Å². The van der Waals surface area contributed by atoms with Crippen molar-refractivity contribution in [3.8, 4) is 11.6 Å². The molecule has 0 N–H and O–H groups in total. The fourth-order valence-corrected chi connectivity index (χ4v) is 2.22. The molecule has 2 rings (SSSR count). The van der Waals surface area contributed by atoms with Crippen LogP contribution in [0.1, 0.15) is 19.5 Å². The molecule has 0 aliphatic rings. The molecule has 2 heterocycles. The number of ether oxygens (including phenoxy) is 1. The molecule has 0 bridgehead atoms. The molecular formula is C14H16BrN3O2. The Morgan fingerprint density at radius 1 is 1.40 bits per heavy atom. The van der Waals surface area contributed by atoms with E-state index in [9.17, 15) is 4.79 Å². The first kappa shape index (κ1) is 14.7. The molecule has 20 heavy (non-hydrogen) atoms. The first-order chi connectivity index (χ1) is 9.47. The highest BCUT2D eigenvalue weighted by molar-refractivity contribution is 9.10. The van der Waals surface area contributed by atoms with Gasteiger partial charge in [0.15, 0.2) is 5.75 Å². The first-order valence-electron chi connectivity index (χ1n) is 6.34. The van der Waals surface area contributed by atoms with E-state index >= 15 is 0 Å². The van der Waals surface area contributed by atoms with Gasteiger partial charge in [0, 0.05) is 24.6 Å². The molecule has 0 aliphatic heterocycles. The predicted molar refractivity (Wildman–Crippen MR) is 80.1 cm³/mol. The minimum Gasteiger partial charge on any atom is -0.432 e. The van der Waals surface area contributed by atoms with Gasteiger partial charge < -0.3 is 9.30 Å². The van der Waals surface area contributed by atoms with Gasteiger partial charge in [-0.25, -0.2) is 9.97 Å². The van der Waals surface area contributed by atoms with Crippen molar-refractivity contribution in [3.63, 3.8) is 0 Å². The molecular weight excluding hydrogens is 322 g/mol. The molecule has 0 aliphatic carbocycles. The standard InChI is InChI=1S/C14H16BrN3O2/c1-9(2)8-18-7-6-16-13(14(18)19)20-11-5-4-10(3)17-12(11)15/h4-7,9H,8H2,1-3H3. The van der Waals surface area contributed by atoms with Crippen LogP contribution < -0.4 is 10.3 Å². The van der Waals surface area contributed by atoms with E-state index < -0.39 is 0 Å². The van der Waals surface area contributed by atoms with Crippen molar-refractivity contribution in [1.29, 1.82) is 0 Å². The molecule has 0 radical (unpaired) electrons. The summed E-state index contributed by atoms with van der Waals surface area (Å²) in [5.41, 5.74) is 0.621. The summed E-state index contributed by atoms with van der Waals surface area (Å²) in [6.07, 6.45) is 3.23. The smallest absolute Gasteiger partial charge is 0.313 e. The number of hydrogen-bond donors (Lipinski definition) is 0. The lowest BCUT2D eigenvalue weighted by atomic mass is 10.2. The van der Waals surface area contributed by atoms with Gasteiger partial charge in [-0.15, -0.1) is 0 Å². The average Bonchev–Trinajstić information content (AvgIpc) is 2.36. The average molecular weight is 338 g/mol. The Morgan fingerprint density at radius 2 is 2.15 bits per heavy atom. The predicted octanol–water partition coefficient (Wildman–Crippen LogP) is 3.16. The number of hydrogen-bond acceptors (Lipinski definition) is 4.